The van der Waals surface area contributed by atoms with E-state index in [4.69, 9.17) is 15.4 Å². The van der Waals surface area contributed by atoms with Gasteiger partial charge in [0, 0.05) is 20.6 Å². The molecule has 2 heteroatoms. The standard InChI is InChI=1S/C30H17BrO/c31-29-22-12-5-3-10-20(22)27(21-11-4-6-13-23(21)29)24-14-7-15-26-28(24)25-17-16-18-8-1-2-9-19(18)30(25)32-26/h1-17H/i3D,4D,5D,6D,10D,11D,12D,13D. The molecule has 1 nitrogen and oxygen atoms in total. The molecule has 0 aliphatic rings. The number of benzene rings is 6. The van der Waals surface area contributed by atoms with E-state index in [1.807, 2.05) is 42.5 Å². The summed E-state index contributed by atoms with van der Waals surface area (Å²) < 4.78 is 75.4. The van der Waals surface area contributed by atoms with Gasteiger partial charge in [-0.2, -0.15) is 0 Å². The van der Waals surface area contributed by atoms with Crippen molar-refractivity contribution in [3.05, 3.63) is 107 Å². The molecule has 0 amide bonds. The van der Waals surface area contributed by atoms with Gasteiger partial charge in [-0.1, -0.05) is 90.8 Å². The highest BCUT2D eigenvalue weighted by molar-refractivity contribution is 9.10. The van der Waals surface area contributed by atoms with Crippen LogP contribution in [0, 0.1) is 0 Å². The quantitative estimate of drug-likeness (QED) is 0.213. The molecule has 0 aliphatic heterocycles. The third kappa shape index (κ3) is 2.39. The molecule has 0 fully saturated rings. The minimum atomic E-state index is -0.430. The number of rotatable bonds is 1. The van der Waals surface area contributed by atoms with Crippen LogP contribution in [0.3, 0.4) is 0 Å². The molecule has 0 saturated carbocycles. The summed E-state index contributed by atoms with van der Waals surface area (Å²) in [7, 11) is 0. The van der Waals surface area contributed by atoms with E-state index in [9.17, 15) is 0 Å². The third-order valence-corrected chi connectivity index (χ3v) is 6.76. The Balaban J connectivity index is 1.82. The fourth-order valence-electron chi connectivity index (χ4n) is 4.61. The van der Waals surface area contributed by atoms with Crippen LogP contribution < -0.4 is 0 Å². The lowest BCUT2D eigenvalue weighted by atomic mass is 9.89. The van der Waals surface area contributed by atoms with Crippen LogP contribution in [-0.2, 0) is 0 Å². The molecule has 0 spiro atoms. The second kappa shape index (κ2) is 6.69. The number of fused-ring (bicyclic) bond motifs is 7. The van der Waals surface area contributed by atoms with Gasteiger partial charge in [0.05, 0.1) is 11.0 Å². The smallest absolute Gasteiger partial charge is 0.143 e. The summed E-state index contributed by atoms with van der Waals surface area (Å²) in [5.74, 6) is 0. The summed E-state index contributed by atoms with van der Waals surface area (Å²) in [6, 6.07) is 14.3. The van der Waals surface area contributed by atoms with Crippen LogP contribution in [0.4, 0.5) is 0 Å². The number of hydrogen-bond donors (Lipinski definition) is 0. The van der Waals surface area contributed by atoms with Gasteiger partial charge in [-0.3, -0.25) is 0 Å². The zero-order chi connectivity index (χ0) is 28.2. The van der Waals surface area contributed by atoms with Gasteiger partial charge in [0.15, 0.2) is 0 Å². The molecule has 7 rings (SSSR count). The van der Waals surface area contributed by atoms with Crippen LogP contribution in [0.2, 0.25) is 0 Å². The topological polar surface area (TPSA) is 13.1 Å². The summed E-state index contributed by atoms with van der Waals surface area (Å²) in [6.45, 7) is 0. The van der Waals surface area contributed by atoms with Gasteiger partial charge >= 0.3 is 0 Å². The van der Waals surface area contributed by atoms with Gasteiger partial charge in [0.1, 0.15) is 11.2 Å². The molecule has 0 radical (unpaired) electrons. The van der Waals surface area contributed by atoms with E-state index in [2.05, 4.69) is 15.9 Å². The van der Waals surface area contributed by atoms with Gasteiger partial charge in [0.25, 0.3) is 0 Å². The second-order valence-corrected chi connectivity index (χ2v) is 8.43. The third-order valence-electron chi connectivity index (χ3n) is 5.97. The Bertz CT molecular complexity index is 2190. The predicted molar refractivity (Wildman–Crippen MR) is 139 cm³/mol. The van der Waals surface area contributed by atoms with Crippen LogP contribution in [-0.4, -0.2) is 0 Å². The van der Waals surface area contributed by atoms with Crippen molar-refractivity contribution in [3.63, 3.8) is 0 Å². The van der Waals surface area contributed by atoms with E-state index in [0.29, 0.717) is 27.7 Å². The maximum Gasteiger partial charge on any atom is 0.143 e. The molecular formula is C30H17BrO. The minimum Gasteiger partial charge on any atom is -0.455 e. The molecule has 0 aliphatic carbocycles. The lowest BCUT2D eigenvalue weighted by molar-refractivity contribution is 0.673. The van der Waals surface area contributed by atoms with Crippen molar-refractivity contribution >= 4 is 70.2 Å². The summed E-state index contributed by atoms with van der Waals surface area (Å²) in [5, 5.41) is 4.01. The molecule has 0 unspecified atom stereocenters. The first-order valence-corrected chi connectivity index (χ1v) is 10.9. The van der Waals surface area contributed by atoms with Gasteiger partial charge < -0.3 is 4.42 Å². The normalized spacial score (nSPS) is 15.4. The summed E-state index contributed by atoms with van der Waals surface area (Å²) >= 11 is 3.47. The average molecular weight is 481 g/mol. The number of hydrogen-bond acceptors (Lipinski definition) is 1. The molecule has 0 bridgehead atoms. The first kappa shape index (κ1) is 11.8. The Morgan fingerprint density at radius 1 is 0.625 bits per heavy atom. The van der Waals surface area contributed by atoms with E-state index in [1.165, 1.54) is 0 Å². The minimum absolute atomic E-state index is 0.147. The van der Waals surface area contributed by atoms with Crippen molar-refractivity contribution < 1.29 is 15.4 Å². The molecule has 150 valence electrons. The number of furan rings is 1. The SMILES string of the molecule is [2H]c1c([2H])c([2H])c2c(-c3cccc4oc5c6ccccc6ccc5c34)c3c([2H])c([2H])c([2H])c([2H])c3c(Br)c2c1[2H]. The Morgan fingerprint density at radius 3 is 2.06 bits per heavy atom. The highest BCUT2D eigenvalue weighted by Gasteiger charge is 2.19. The van der Waals surface area contributed by atoms with Crippen LogP contribution in [0.15, 0.2) is 112 Å². The van der Waals surface area contributed by atoms with Crippen LogP contribution in [0.25, 0.3) is 65.4 Å². The lowest BCUT2D eigenvalue weighted by Crippen LogP contribution is -1.88. The van der Waals surface area contributed by atoms with Crippen molar-refractivity contribution in [1.29, 1.82) is 0 Å². The molecule has 1 heterocycles. The van der Waals surface area contributed by atoms with Crippen LogP contribution >= 0.6 is 15.9 Å². The zero-order valence-electron chi connectivity index (χ0n) is 24.5. The molecule has 32 heavy (non-hydrogen) atoms. The molecule has 6 aromatic carbocycles. The first-order valence-electron chi connectivity index (χ1n) is 14.1. The maximum absolute atomic E-state index is 8.92. The molecule has 1 aromatic heterocycles. The van der Waals surface area contributed by atoms with E-state index in [1.54, 1.807) is 12.1 Å². The monoisotopic (exact) mass is 480 g/mol. The Morgan fingerprint density at radius 2 is 1.31 bits per heavy atom. The van der Waals surface area contributed by atoms with E-state index in [-0.39, 0.29) is 50.2 Å². The Hall–Kier alpha value is -3.62. The zero-order valence-corrected chi connectivity index (χ0v) is 18.1. The predicted octanol–water partition coefficient (Wildman–Crippen LogP) is 9.48. The average Bonchev–Trinajstić information content (AvgIpc) is 3.35. The largest absolute Gasteiger partial charge is 0.455 e. The van der Waals surface area contributed by atoms with Crippen molar-refractivity contribution in [2.75, 3.05) is 0 Å². The Labute approximate surface area is 204 Å². The van der Waals surface area contributed by atoms with Crippen LogP contribution in [0.1, 0.15) is 11.0 Å². The lowest BCUT2D eigenvalue weighted by Gasteiger charge is -2.15. The summed E-state index contributed by atoms with van der Waals surface area (Å²) in [4.78, 5) is 0. The molecule has 0 saturated heterocycles. The molecular weight excluding hydrogens is 456 g/mol. The second-order valence-electron chi connectivity index (χ2n) is 7.63. The molecule has 7 aromatic rings. The van der Waals surface area contributed by atoms with Gasteiger partial charge in [0.2, 0.25) is 0 Å². The van der Waals surface area contributed by atoms with Crippen molar-refractivity contribution in [3.8, 4) is 11.1 Å². The maximum atomic E-state index is 8.92. The molecule has 0 atom stereocenters. The van der Waals surface area contributed by atoms with Crippen molar-refractivity contribution in [2.24, 2.45) is 0 Å². The number of halogens is 1. The van der Waals surface area contributed by atoms with E-state index < -0.39 is 24.2 Å². The highest BCUT2D eigenvalue weighted by atomic mass is 79.9. The van der Waals surface area contributed by atoms with Crippen molar-refractivity contribution in [1.82, 2.24) is 0 Å². The van der Waals surface area contributed by atoms with E-state index in [0.717, 1.165) is 16.2 Å². The summed E-state index contributed by atoms with van der Waals surface area (Å²) in [6.07, 6.45) is 0. The van der Waals surface area contributed by atoms with Crippen molar-refractivity contribution in [2.45, 2.75) is 0 Å². The van der Waals surface area contributed by atoms with Gasteiger partial charge in [-0.05, 0) is 66.1 Å². The fraction of sp³-hybridized carbons (Fsp3) is 0. The van der Waals surface area contributed by atoms with Gasteiger partial charge in [-0.15, -0.1) is 0 Å². The van der Waals surface area contributed by atoms with E-state index >= 15 is 0 Å². The highest BCUT2D eigenvalue weighted by Crippen LogP contribution is 2.46. The van der Waals surface area contributed by atoms with Crippen LogP contribution in [0.5, 0.6) is 0 Å². The van der Waals surface area contributed by atoms with Gasteiger partial charge in [-0.25, -0.2) is 0 Å². The molecule has 0 N–H and O–H groups in total. The first-order chi connectivity index (χ1) is 19.1. The summed E-state index contributed by atoms with van der Waals surface area (Å²) in [5.41, 5.74) is 2.06. The Kier molecular flexibility index (Phi) is 2.48. The fourth-order valence-corrected chi connectivity index (χ4v) is 5.21.